The maximum atomic E-state index is 11.7. The Morgan fingerprint density at radius 3 is 3.00 bits per heavy atom. The number of carbonyl (C=O) groups is 1. The van der Waals surface area contributed by atoms with E-state index in [0.29, 0.717) is 18.7 Å². The van der Waals surface area contributed by atoms with Crippen LogP contribution in [0.4, 0.5) is 0 Å². The van der Waals surface area contributed by atoms with Crippen molar-refractivity contribution in [3.63, 3.8) is 0 Å². The van der Waals surface area contributed by atoms with E-state index in [2.05, 4.69) is 0 Å². The van der Waals surface area contributed by atoms with E-state index in [1.807, 2.05) is 0 Å². The molecule has 0 bridgehead atoms. The maximum absolute atomic E-state index is 11.7. The molecule has 1 unspecified atom stereocenters. The first-order valence-corrected chi connectivity index (χ1v) is 4.99. The van der Waals surface area contributed by atoms with Gasteiger partial charge in [0.1, 0.15) is 6.26 Å². The van der Waals surface area contributed by atoms with Crippen LogP contribution in [-0.4, -0.2) is 43.5 Å². The van der Waals surface area contributed by atoms with Crippen LogP contribution in [0.25, 0.3) is 0 Å². The minimum absolute atomic E-state index is 0.106. The lowest BCUT2D eigenvalue weighted by atomic mass is 10.3. The molecule has 1 atom stereocenters. The van der Waals surface area contributed by atoms with Gasteiger partial charge < -0.3 is 14.1 Å². The molecule has 4 nitrogen and oxygen atoms in total. The lowest BCUT2D eigenvalue weighted by Crippen LogP contribution is -2.33. The summed E-state index contributed by atoms with van der Waals surface area (Å²) in [6.07, 6.45) is 2.88. The molecule has 5 heteroatoms. The van der Waals surface area contributed by atoms with Crippen LogP contribution < -0.4 is 0 Å². The van der Waals surface area contributed by atoms with Crippen LogP contribution in [0.15, 0.2) is 23.0 Å². The van der Waals surface area contributed by atoms with Gasteiger partial charge in [-0.05, 0) is 6.07 Å². The van der Waals surface area contributed by atoms with Gasteiger partial charge in [0.2, 0.25) is 0 Å². The van der Waals surface area contributed by atoms with E-state index < -0.39 is 0 Å². The summed E-state index contributed by atoms with van der Waals surface area (Å²) in [4.78, 5) is 13.3. The van der Waals surface area contributed by atoms with Gasteiger partial charge in [-0.3, -0.25) is 4.79 Å². The molecule has 0 aliphatic carbocycles. The second-order valence-electron chi connectivity index (χ2n) is 3.25. The van der Waals surface area contributed by atoms with Crippen LogP contribution in [0, 0.1) is 0 Å². The third kappa shape index (κ3) is 3.57. The first kappa shape index (κ1) is 12.1. The minimum Gasteiger partial charge on any atom is -0.472 e. The number of furan rings is 1. The Labute approximate surface area is 93.8 Å². The fourth-order valence-corrected chi connectivity index (χ4v) is 1.55. The summed E-state index contributed by atoms with van der Waals surface area (Å²) >= 11 is 5.94. The third-order valence-electron chi connectivity index (χ3n) is 1.93. The first-order chi connectivity index (χ1) is 7.15. The Bertz CT molecular complexity index is 300. The summed E-state index contributed by atoms with van der Waals surface area (Å²) in [5.74, 6) is -0.106. The molecule has 1 heterocycles. The van der Waals surface area contributed by atoms with Crippen LogP contribution in [0.3, 0.4) is 0 Å². The molecular formula is C10H14ClNO3. The molecule has 0 spiro atoms. The lowest BCUT2D eigenvalue weighted by Gasteiger charge is -2.19. The summed E-state index contributed by atoms with van der Waals surface area (Å²) in [6.45, 7) is 0.865. The van der Waals surface area contributed by atoms with Crippen LogP contribution in [0.1, 0.15) is 10.4 Å². The highest BCUT2D eigenvalue weighted by molar-refractivity contribution is 6.21. The number of halogens is 1. The average Bonchev–Trinajstić information content (AvgIpc) is 2.69. The number of ether oxygens (including phenoxy) is 1. The second-order valence-corrected chi connectivity index (χ2v) is 3.87. The van der Waals surface area contributed by atoms with Gasteiger partial charge in [0.05, 0.1) is 23.8 Å². The Morgan fingerprint density at radius 2 is 2.47 bits per heavy atom. The Hall–Kier alpha value is -1.00. The molecule has 1 aromatic heterocycles. The van der Waals surface area contributed by atoms with Crippen molar-refractivity contribution >= 4 is 17.5 Å². The smallest absolute Gasteiger partial charge is 0.256 e. The highest BCUT2D eigenvalue weighted by Crippen LogP contribution is 2.06. The van der Waals surface area contributed by atoms with Crippen LogP contribution in [-0.2, 0) is 4.74 Å². The molecule has 0 N–H and O–H groups in total. The van der Waals surface area contributed by atoms with E-state index in [9.17, 15) is 4.79 Å². The van der Waals surface area contributed by atoms with Crippen molar-refractivity contribution in [1.82, 2.24) is 4.90 Å². The zero-order chi connectivity index (χ0) is 11.3. The normalized spacial score (nSPS) is 12.5. The van der Waals surface area contributed by atoms with Gasteiger partial charge in [0.15, 0.2) is 0 Å². The lowest BCUT2D eigenvalue weighted by molar-refractivity contribution is 0.0781. The highest BCUT2D eigenvalue weighted by Gasteiger charge is 2.16. The number of methoxy groups -OCH3 is 1. The molecule has 0 saturated carbocycles. The van der Waals surface area contributed by atoms with Crippen LogP contribution in [0.5, 0.6) is 0 Å². The largest absolute Gasteiger partial charge is 0.472 e. The highest BCUT2D eigenvalue weighted by atomic mass is 35.5. The Morgan fingerprint density at radius 1 is 1.73 bits per heavy atom. The van der Waals surface area contributed by atoms with E-state index in [0.717, 1.165) is 0 Å². The van der Waals surface area contributed by atoms with Crippen molar-refractivity contribution in [2.75, 3.05) is 27.3 Å². The number of amides is 1. The minimum atomic E-state index is -0.198. The fourth-order valence-electron chi connectivity index (χ4n) is 1.22. The van der Waals surface area contributed by atoms with Crippen molar-refractivity contribution in [1.29, 1.82) is 0 Å². The molecule has 15 heavy (non-hydrogen) atoms. The quantitative estimate of drug-likeness (QED) is 0.723. The standard InChI is InChI=1S/C10H14ClNO3/c1-12(5-9(11)7-14-2)10(13)8-3-4-15-6-8/h3-4,6,9H,5,7H2,1-2H3. The summed E-state index contributed by atoms with van der Waals surface area (Å²) in [6, 6.07) is 1.62. The topological polar surface area (TPSA) is 42.7 Å². The molecule has 1 aromatic rings. The number of hydrogen-bond donors (Lipinski definition) is 0. The van der Waals surface area contributed by atoms with Crippen LogP contribution >= 0.6 is 11.6 Å². The SMILES string of the molecule is COCC(Cl)CN(C)C(=O)c1ccoc1. The fraction of sp³-hybridized carbons (Fsp3) is 0.500. The molecule has 0 aromatic carbocycles. The number of alkyl halides is 1. The predicted octanol–water partition coefficient (Wildman–Crippen LogP) is 1.61. The summed E-state index contributed by atoms with van der Waals surface area (Å²) in [5, 5.41) is -0.198. The monoisotopic (exact) mass is 231 g/mol. The molecular weight excluding hydrogens is 218 g/mol. The second kappa shape index (κ2) is 5.78. The van der Waals surface area contributed by atoms with Gasteiger partial charge >= 0.3 is 0 Å². The van der Waals surface area contributed by atoms with Crippen molar-refractivity contribution in [3.8, 4) is 0 Å². The molecule has 0 aliphatic rings. The molecule has 1 amide bonds. The van der Waals surface area contributed by atoms with E-state index in [-0.39, 0.29) is 11.3 Å². The van der Waals surface area contributed by atoms with Crippen LogP contribution in [0.2, 0.25) is 0 Å². The number of carbonyl (C=O) groups excluding carboxylic acids is 1. The van der Waals surface area contributed by atoms with Gasteiger partial charge in [-0.15, -0.1) is 11.6 Å². The molecule has 0 fully saturated rings. The zero-order valence-corrected chi connectivity index (χ0v) is 9.53. The zero-order valence-electron chi connectivity index (χ0n) is 8.77. The average molecular weight is 232 g/mol. The third-order valence-corrected chi connectivity index (χ3v) is 2.20. The first-order valence-electron chi connectivity index (χ1n) is 4.55. The Kier molecular flexibility index (Phi) is 4.65. The van der Waals surface area contributed by atoms with E-state index in [1.54, 1.807) is 25.1 Å². The van der Waals surface area contributed by atoms with Crippen molar-refractivity contribution in [3.05, 3.63) is 24.2 Å². The van der Waals surface area contributed by atoms with Crippen molar-refractivity contribution < 1.29 is 13.9 Å². The summed E-state index contributed by atoms with van der Waals surface area (Å²) in [5.41, 5.74) is 0.527. The van der Waals surface area contributed by atoms with Gasteiger partial charge in [-0.2, -0.15) is 0 Å². The van der Waals surface area contributed by atoms with Gasteiger partial charge in [-0.25, -0.2) is 0 Å². The van der Waals surface area contributed by atoms with E-state index in [4.69, 9.17) is 20.8 Å². The van der Waals surface area contributed by atoms with E-state index in [1.165, 1.54) is 12.5 Å². The van der Waals surface area contributed by atoms with Gasteiger partial charge in [0, 0.05) is 20.7 Å². The predicted molar refractivity (Wildman–Crippen MR) is 57.2 cm³/mol. The number of rotatable bonds is 5. The molecule has 84 valence electrons. The van der Waals surface area contributed by atoms with Gasteiger partial charge in [-0.1, -0.05) is 0 Å². The maximum Gasteiger partial charge on any atom is 0.256 e. The number of nitrogens with zero attached hydrogens (tertiary/aromatic N) is 1. The molecule has 0 saturated heterocycles. The van der Waals surface area contributed by atoms with E-state index >= 15 is 0 Å². The van der Waals surface area contributed by atoms with Gasteiger partial charge in [0.25, 0.3) is 5.91 Å². The summed E-state index contributed by atoms with van der Waals surface area (Å²) < 4.78 is 9.72. The molecule has 0 aliphatic heterocycles. The summed E-state index contributed by atoms with van der Waals surface area (Å²) in [7, 11) is 3.27. The Balaban J connectivity index is 2.47. The van der Waals surface area contributed by atoms with Crippen molar-refractivity contribution in [2.45, 2.75) is 5.38 Å². The molecule has 0 radical (unpaired) electrons. The molecule has 1 rings (SSSR count). The number of hydrogen-bond acceptors (Lipinski definition) is 3. The van der Waals surface area contributed by atoms with Crippen molar-refractivity contribution in [2.24, 2.45) is 0 Å².